The fraction of sp³-hybridized carbons (Fsp3) is 0.240. The Kier molecular flexibility index (Phi) is 5.10. The average molecular weight is 436 g/mol. The number of aromatic nitrogens is 1. The molecule has 31 heavy (non-hydrogen) atoms. The third-order valence-electron chi connectivity index (χ3n) is 5.95. The maximum atomic E-state index is 14.3. The molecule has 0 aliphatic carbocycles. The van der Waals surface area contributed by atoms with Crippen molar-refractivity contribution in [2.24, 2.45) is 5.92 Å². The Morgan fingerprint density at radius 2 is 1.84 bits per heavy atom. The fourth-order valence-electron chi connectivity index (χ4n) is 4.43. The minimum Gasteiger partial charge on any atom is -0.493 e. The van der Waals surface area contributed by atoms with Gasteiger partial charge in [0.15, 0.2) is 9.84 Å². The highest BCUT2D eigenvalue weighted by atomic mass is 32.2. The number of pyridine rings is 1. The average Bonchev–Trinajstić information content (AvgIpc) is 3.11. The van der Waals surface area contributed by atoms with Crippen molar-refractivity contribution < 1.29 is 17.5 Å². The molecule has 158 valence electrons. The van der Waals surface area contributed by atoms with Crippen molar-refractivity contribution in [3.05, 3.63) is 72.7 Å². The molecule has 0 amide bonds. The number of hydrogen-bond donors (Lipinski definition) is 0. The van der Waals surface area contributed by atoms with Gasteiger partial charge >= 0.3 is 0 Å². The third-order valence-corrected chi connectivity index (χ3v) is 7.79. The summed E-state index contributed by atoms with van der Waals surface area (Å²) in [4.78, 5) is 4.49. The van der Waals surface area contributed by atoms with E-state index in [1.807, 2.05) is 42.5 Å². The molecule has 5 rings (SSSR count). The lowest BCUT2D eigenvalue weighted by atomic mass is 9.95. The SMILES string of the molecule is O=S1(=O)CCC(CCOc2ccc(-c3cc(F)cc4cccnc34)c3ccccc23)C1. The highest BCUT2D eigenvalue weighted by Gasteiger charge is 2.27. The molecule has 1 aliphatic rings. The zero-order valence-electron chi connectivity index (χ0n) is 16.9. The van der Waals surface area contributed by atoms with Gasteiger partial charge in [-0.15, -0.1) is 0 Å². The van der Waals surface area contributed by atoms with E-state index in [-0.39, 0.29) is 23.2 Å². The van der Waals surface area contributed by atoms with Gasteiger partial charge in [0.2, 0.25) is 0 Å². The largest absolute Gasteiger partial charge is 0.493 e. The molecule has 4 aromatic rings. The Labute approximate surface area is 180 Å². The highest BCUT2D eigenvalue weighted by molar-refractivity contribution is 7.91. The van der Waals surface area contributed by atoms with Crippen LogP contribution in [0.2, 0.25) is 0 Å². The maximum Gasteiger partial charge on any atom is 0.150 e. The molecule has 1 saturated heterocycles. The van der Waals surface area contributed by atoms with Crippen LogP contribution in [0, 0.1) is 11.7 Å². The monoisotopic (exact) mass is 435 g/mol. The lowest BCUT2D eigenvalue weighted by Crippen LogP contribution is -2.09. The number of fused-ring (bicyclic) bond motifs is 2. The number of benzene rings is 3. The number of halogens is 1. The second-order valence-electron chi connectivity index (χ2n) is 8.09. The first kappa shape index (κ1) is 19.9. The van der Waals surface area contributed by atoms with Gasteiger partial charge in [0, 0.05) is 22.5 Å². The van der Waals surface area contributed by atoms with Gasteiger partial charge in [0.1, 0.15) is 11.6 Å². The Balaban J connectivity index is 1.49. The quantitative estimate of drug-likeness (QED) is 0.421. The van der Waals surface area contributed by atoms with Crippen LogP contribution in [-0.4, -0.2) is 31.5 Å². The molecule has 6 heteroatoms. The van der Waals surface area contributed by atoms with E-state index in [2.05, 4.69) is 4.98 Å². The van der Waals surface area contributed by atoms with Gasteiger partial charge in [-0.05, 0) is 60.0 Å². The van der Waals surface area contributed by atoms with Crippen molar-refractivity contribution in [1.29, 1.82) is 0 Å². The molecule has 1 atom stereocenters. The van der Waals surface area contributed by atoms with Crippen LogP contribution >= 0.6 is 0 Å². The first-order valence-corrected chi connectivity index (χ1v) is 12.2. The van der Waals surface area contributed by atoms with Crippen LogP contribution in [0.4, 0.5) is 4.39 Å². The molecular formula is C25H22FNO3S. The Hall–Kier alpha value is -2.99. The van der Waals surface area contributed by atoms with Gasteiger partial charge in [-0.2, -0.15) is 0 Å². The van der Waals surface area contributed by atoms with Crippen LogP contribution in [0.5, 0.6) is 5.75 Å². The topological polar surface area (TPSA) is 56.3 Å². The molecule has 3 aromatic carbocycles. The molecular weight excluding hydrogens is 413 g/mol. The number of rotatable bonds is 5. The predicted octanol–water partition coefficient (Wildman–Crippen LogP) is 5.40. The van der Waals surface area contributed by atoms with Gasteiger partial charge in [-0.25, -0.2) is 12.8 Å². The van der Waals surface area contributed by atoms with Gasteiger partial charge in [-0.1, -0.05) is 30.3 Å². The smallest absolute Gasteiger partial charge is 0.150 e. The summed E-state index contributed by atoms with van der Waals surface area (Å²) < 4.78 is 43.7. The zero-order valence-corrected chi connectivity index (χ0v) is 17.7. The van der Waals surface area contributed by atoms with Gasteiger partial charge in [0.05, 0.1) is 23.6 Å². The predicted molar refractivity (Wildman–Crippen MR) is 122 cm³/mol. The van der Waals surface area contributed by atoms with Crippen molar-refractivity contribution in [3.8, 4) is 16.9 Å². The number of nitrogens with zero attached hydrogens (tertiary/aromatic N) is 1. The molecule has 4 nitrogen and oxygen atoms in total. The number of ether oxygens (including phenoxy) is 1. The van der Waals surface area contributed by atoms with E-state index < -0.39 is 9.84 Å². The molecule has 1 aromatic heterocycles. The normalized spacial score (nSPS) is 17.9. The van der Waals surface area contributed by atoms with Crippen LogP contribution in [0.25, 0.3) is 32.8 Å². The molecule has 0 saturated carbocycles. The summed E-state index contributed by atoms with van der Waals surface area (Å²) in [7, 11) is -2.88. The van der Waals surface area contributed by atoms with Crippen molar-refractivity contribution in [2.45, 2.75) is 12.8 Å². The summed E-state index contributed by atoms with van der Waals surface area (Å²) in [5.74, 6) is 1.15. The first-order valence-electron chi connectivity index (χ1n) is 10.4. The Morgan fingerprint density at radius 3 is 2.65 bits per heavy atom. The molecule has 2 heterocycles. The van der Waals surface area contributed by atoms with E-state index in [9.17, 15) is 12.8 Å². The van der Waals surface area contributed by atoms with Crippen molar-refractivity contribution in [1.82, 2.24) is 4.98 Å². The van der Waals surface area contributed by atoms with Crippen LogP contribution < -0.4 is 4.74 Å². The lowest BCUT2D eigenvalue weighted by molar-refractivity contribution is 0.288. The Bertz CT molecular complexity index is 1380. The van der Waals surface area contributed by atoms with Crippen LogP contribution in [0.1, 0.15) is 12.8 Å². The molecule has 0 radical (unpaired) electrons. The minimum atomic E-state index is -2.88. The molecule has 0 bridgehead atoms. The summed E-state index contributed by atoms with van der Waals surface area (Å²) in [5, 5.41) is 2.65. The number of hydrogen-bond acceptors (Lipinski definition) is 4. The van der Waals surface area contributed by atoms with Crippen molar-refractivity contribution in [3.63, 3.8) is 0 Å². The molecule has 0 spiro atoms. The van der Waals surface area contributed by atoms with Crippen LogP contribution in [-0.2, 0) is 9.84 Å². The van der Waals surface area contributed by atoms with E-state index in [4.69, 9.17) is 4.74 Å². The van der Waals surface area contributed by atoms with E-state index in [1.165, 1.54) is 12.1 Å². The third kappa shape index (κ3) is 4.00. The second-order valence-corrected chi connectivity index (χ2v) is 10.3. The second kappa shape index (κ2) is 7.93. The van der Waals surface area contributed by atoms with E-state index >= 15 is 0 Å². The molecule has 1 aliphatic heterocycles. The molecule has 0 N–H and O–H groups in total. The van der Waals surface area contributed by atoms with E-state index in [0.717, 1.165) is 38.6 Å². The van der Waals surface area contributed by atoms with Crippen molar-refractivity contribution in [2.75, 3.05) is 18.1 Å². The summed E-state index contributed by atoms with van der Waals surface area (Å²) in [6.45, 7) is 0.466. The van der Waals surface area contributed by atoms with E-state index in [0.29, 0.717) is 19.4 Å². The molecule has 1 fully saturated rings. The zero-order chi connectivity index (χ0) is 21.4. The number of sulfone groups is 1. The lowest BCUT2D eigenvalue weighted by Gasteiger charge is -2.15. The fourth-order valence-corrected chi connectivity index (χ4v) is 6.34. The Morgan fingerprint density at radius 1 is 1.00 bits per heavy atom. The van der Waals surface area contributed by atoms with Gasteiger partial charge in [0.25, 0.3) is 0 Å². The summed E-state index contributed by atoms with van der Waals surface area (Å²) in [6, 6.07) is 18.4. The molecule has 1 unspecified atom stereocenters. The van der Waals surface area contributed by atoms with Gasteiger partial charge < -0.3 is 4.74 Å². The van der Waals surface area contributed by atoms with Crippen LogP contribution in [0.15, 0.2) is 66.9 Å². The first-order chi connectivity index (χ1) is 15.0. The highest BCUT2D eigenvalue weighted by Crippen LogP contribution is 2.37. The maximum absolute atomic E-state index is 14.3. The summed E-state index contributed by atoms with van der Waals surface area (Å²) in [5.41, 5.74) is 2.40. The van der Waals surface area contributed by atoms with Crippen LogP contribution in [0.3, 0.4) is 0 Å². The minimum absolute atomic E-state index is 0.167. The van der Waals surface area contributed by atoms with Crippen molar-refractivity contribution >= 4 is 31.5 Å². The van der Waals surface area contributed by atoms with Gasteiger partial charge in [-0.3, -0.25) is 4.98 Å². The van der Waals surface area contributed by atoms with E-state index in [1.54, 1.807) is 12.3 Å². The summed E-state index contributed by atoms with van der Waals surface area (Å²) >= 11 is 0. The summed E-state index contributed by atoms with van der Waals surface area (Å²) in [6.07, 6.45) is 3.14. The standard InChI is InChI=1S/C25H22FNO3S/c26-19-14-18-4-3-11-27-25(18)23(15-19)21-7-8-24(22-6-2-1-5-20(21)22)30-12-9-17-10-13-31(28,29)16-17/h1-8,11,14-15,17H,9-10,12-13,16H2.